The number of aliphatic hydroxyl groups excluding tert-OH is 1. The Kier molecular flexibility index (Phi) is 7.80. The van der Waals surface area contributed by atoms with Gasteiger partial charge in [-0.05, 0) is 25.2 Å². The molecule has 172 valence electrons. The molecule has 30 heavy (non-hydrogen) atoms. The summed E-state index contributed by atoms with van der Waals surface area (Å²) in [5.41, 5.74) is -1.97. The third kappa shape index (κ3) is 6.65. The van der Waals surface area contributed by atoms with E-state index in [2.05, 4.69) is 18.1 Å². The van der Waals surface area contributed by atoms with Gasteiger partial charge >= 0.3 is 23.5 Å². The van der Waals surface area contributed by atoms with Crippen LogP contribution >= 0.6 is 47.9 Å². The quantitative estimate of drug-likeness (QED) is 0.180. The molecular weight excluding hydrogens is 513 g/mol. The van der Waals surface area contributed by atoms with E-state index in [0.717, 1.165) is 0 Å². The summed E-state index contributed by atoms with van der Waals surface area (Å²) in [6.45, 7) is 0.240. The van der Waals surface area contributed by atoms with E-state index in [4.69, 9.17) is 43.9 Å². The number of aromatic nitrogens is 2. The zero-order valence-electron chi connectivity index (χ0n) is 14.7. The molecule has 1 saturated heterocycles. The summed E-state index contributed by atoms with van der Waals surface area (Å²) in [5, 5.41) is 20.9. The molecule has 6 atom stereocenters. The average molecular weight is 530 g/mol. The summed E-state index contributed by atoms with van der Waals surface area (Å²) in [6.07, 6.45) is -3.07. The van der Waals surface area contributed by atoms with E-state index >= 15 is 0 Å². The monoisotopic (exact) mass is 530 g/mol. The number of ether oxygens (including phenoxy) is 1. The molecule has 7 N–H and O–H groups in total. The Morgan fingerprint density at radius 3 is 2.33 bits per heavy atom. The molecule has 1 fully saturated rings. The van der Waals surface area contributed by atoms with E-state index in [1.807, 2.05) is 0 Å². The number of nitrogens with one attached hydrogen (secondary N) is 1. The normalized spacial score (nSPS) is 31.2. The second kappa shape index (κ2) is 8.98. The number of phosphoric ester groups is 1. The first-order chi connectivity index (χ1) is 13.4. The van der Waals surface area contributed by atoms with Crippen molar-refractivity contribution in [2.24, 2.45) is 0 Å². The minimum atomic E-state index is -5.69. The van der Waals surface area contributed by atoms with E-state index in [0.29, 0.717) is 4.64 Å². The SMILES string of the molecule is CC1(O)[C@@H](O)[C@@H](COP(=O)(O)OP(=O)(O)OP(=O)(O)O)O[C@H]1n1ccc(=S)[nH]c1=S. The van der Waals surface area contributed by atoms with E-state index in [9.17, 15) is 28.8 Å². The lowest BCUT2D eigenvalue weighted by Gasteiger charge is -2.28. The summed E-state index contributed by atoms with van der Waals surface area (Å²) in [7, 11) is -16.7. The molecule has 0 aliphatic carbocycles. The van der Waals surface area contributed by atoms with Gasteiger partial charge in [-0.3, -0.25) is 9.09 Å². The molecule has 0 spiro atoms. The molecule has 3 unspecified atom stereocenters. The average Bonchev–Trinajstić information content (AvgIpc) is 2.73. The first-order valence-electron chi connectivity index (χ1n) is 7.59. The van der Waals surface area contributed by atoms with E-state index in [1.165, 1.54) is 23.8 Å². The lowest BCUT2D eigenvalue weighted by Crippen LogP contribution is -2.44. The summed E-state index contributed by atoms with van der Waals surface area (Å²) in [5.74, 6) is 0. The molecule has 15 nitrogen and oxygen atoms in total. The minimum Gasteiger partial charge on any atom is -0.387 e. The predicted octanol–water partition coefficient (Wildman–Crippen LogP) is 0.628. The van der Waals surface area contributed by atoms with Crippen molar-refractivity contribution in [1.82, 2.24) is 9.55 Å². The lowest BCUT2D eigenvalue weighted by molar-refractivity contribution is -0.0977. The van der Waals surface area contributed by atoms with Crippen LogP contribution in [0.15, 0.2) is 12.3 Å². The Hall–Kier alpha value is -0.190. The number of phosphoric acid groups is 3. The first-order valence-corrected chi connectivity index (χ1v) is 12.9. The highest BCUT2D eigenvalue weighted by atomic mass is 32.1. The van der Waals surface area contributed by atoms with Crippen LogP contribution in [0.1, 0.15) is 13.2 Å². The van der Waals surface area contributed by atoms with Crippen molar-refractivity contribution >= 4 is 47.9 Å². The van der Waals surface area contributed by atoms with Gasteiger partial charge in [0.1, 0.15) is 22.4 Å². The molecule has 0 aromatic carbocycles. The van der Waals surface area contributed by atoms with Gasteiger partial charge in [-0.15, -0.1) is 0 Å². The molecule has 0 radical (unpaired) electrons. The lowest BCUT2D eigenvalue weighted by atomic mass is 9.96. The second-order valence-electron chi connectivity index (χ2n) is 6.10. The zero-order valence-corrected chi connectivity index (χ0v) is 19.1. The highest BCUT2D eigenvalue weighted by Crippen LogP contribution is 2.66. The zero-order chi connectivity index (χ0) is 23.1. The smallest absolute Gasteiger partial charge is 0.387 e. The van der Waals surface area contributed by atoms with Crippen molar-refractivity contribution < 1.29 is 61.4 Å². The van der Waals surface area contributed by atoms with Crippen LogP contribution in [0.25, 0.3) is 0 Å². The molecule has 1 aromatic heterocycles. The highest BCUT2D eigenvalue weighted by molar-refractivity contribution is 7.72. The first kappa shape index (κ1) is 26.1. The third-order valence-electron chi connectivity index (χ3n) is 3.68. The fraction of sp³-hybridized carbons (Fsp3) is 0.600. The van der Waals surface area contributed by atoms with Gasteiger partial charge < -0.3 is 39.5 Å². The standard InChI is InChI=1S/C10H17N2O13P3S2/c1-10(14)7(13)5(23-8(10)12-3-2-6(29)11-9(12)30)4-22-27(18,19)25-28(20,21)24-26(15,16)17/h2-3,5,7-8,13-14H,4H2,1H3,(H,18,19)(H,20,21)(H,11,29,30)(H2,15,16,17)/t5-,7+,8-,10?/m1/s1. The van der Waals surface area contributed by atoms with Gasteiger partial charge in [-0.25, -0.2) is 13.7 Å². The predicted molar refractivity (Wildman–Crippen MR) is 101 cm³/mol. The molecule has 0 amide bonds. The summed E-state index contributed by atoms with van der Waals surface area (Å²) >= 11 is 9.99. The number of nitrogens with zero attached hydrogens (tertiary/aromatic N) is 1. The number of rotatable bonds is 8. The largest absolute Gasteiger partial charge is 0.490 e. The van der Waals surface area contributed by atoms with Crippen LogP contribution in [-0.2, 0) is 31.6 Å². The topological polar surface area (TPSA) is 230 Å². The van der Waals surface area contributed by atoms with Crippen LogP contribution in [0.2, 0.25) is 0 Å². The van der Waals surface area contributed by atoms with Gasteiger partial charge in [0.05, 0.1) is 6.61 Å². The van der Waals surface area contributed by atoms with Crippen molar-refractivity contribution in [1.29, 1.82) is 0 Å². The minimum absolute atomic E-state index is 0.0357. The molecule has 2 rings (SSSR count). The molecule has 1 aliphatic rings. The number of hydrogen-bond donors (Lipinski definition) is 7. The van der Waals surface area contributed by atoms with Gasteiger partial charge in [0.15, 0.2) is 11.0 Å². The van der Waals surface area contributed by atoms with Crippen LogP contribution in [0, 0.1) is 9.41 Å². The van der Waals surface area contributed by atoms with Crippen molar-refractivity contribution in [2.45, 2.75) is 31.0 Å². The fourth-order valence-electron chi connectivity index (χ4n) is 2.46. The molecule has 0 bridgehead atoms. The van der Waals surface area contributed by atoms with Gasteiger partial charge in [-0.2, -0.15) is 8.62 Å². The third-order valence-corrected chi connectivity index (χ3v) is 8.03. The Morgan fingerprint density at radius 2 is 1.80 bits per heavy atom. The molecule has 1 aliphatic heterocycles. The Labute approximate surface area is 178 Å². The molecular formula is C10H17N2O13P3S2. The van der Waals surface area contributed by atoms with Crippen LogP contribution in [0.5, 0.6) is 0 Å². The summed E-state index contributed by atoms with van der Waals surface area (Å²) in [4.78, 5) is 38.2. The van der Waals surface area contributed by atoms with Crippen molar-refractivity contribution in [2.75, 3.05) is 6.61 Å². The van der Waals surface area contributed by atoms with Crippen molar-refractivity contribution in [3.63, 3.8) is 0 Å². The van der Waals surface area contributed by atoms with Gasteiger partial charge in [0, 0.05) is 6.20 Å². The maximum Gasteiger partial charge on any atom is 0.490 e. The molecule has 0 saturated carbocycles. The van der Waals surface area contributed by atoms with Gasteiger partial charge in [0.2, 0.25) is 0 Å². The molecule has 1 aromatic rings. The Morgan fingerprint density at radius 1 is 1.20 bits per heavy atom. The second-order valence-corrected chi connectivity index (χ2v) is 11.3. The summed E-state index contributed by atoms with van der Waals surface area (Å²) < 4.78 is 52.3. The Bertz CT molecular complexity index is 1050. The van der Waals surface area contributed by atoms with Crippen LogP contribution < -0.4 is 0 Å². The van der Waals surface area contributed by atoms with Crippen molar-refractivity contribution in [3.8, 4) is 0 Å². The van der Waals surface area contributed by atoms with E-state index < -0.39 is 54.1 Å². The number of aliphatic hydroxyl groups is 2. The van der Waals surface area contributed by atoms with Crippen LogP contribution in [-0.4, -0.2) is 63.8 Å². The maximum atomic E-state index is 11.8. The summed E-state index contributed by atoms with van der Waals surface area (Å²) in [6, 6.07) is 1.43. The number of aromatic amines is 1. The van der Waals surface area contributed by atoms with Gasteiger partial charge in [0.25, 0.3) is 0 Å². The number of H-pyrrole nitrogens is 1. The van der Waals surface area contributed by atoms with Crippen molar-refractivity contribution in [3.05, 3.63) is 21.7 Å². The fourth-order valence-corrected chi connectivity index (χ4v) is 5.98. The van der Waals surface area contributed by atoms with Crippen LogP contribution in [0.3, 0.4) is 0 Å². The highest BCUT2D eigenvalue weighted by Gasteiger charge is 2.54. The van der Waals surface area contributed by atoms with Gasteiger partial charge in [-0.1, -0.05) is 12.2 Å². The van der Waals surface area contributed by atoms with E-state index in [1.54, 1.807) is 0 Å². The molecule has 2 heterocycles. The van der Waals surface area contributed by atoms with Crippen LogP contribution in [0.4, 0.5) is 0 Å². The van der Waals surface area contributed by atoms with E-state index in [-0.39, 0.29) is 4.77 Å². The number of hydrogen-bond acceptors (Lipinski definition) is 11. The molecule has 20 heteroatoms. The Balaban J connectivity index is 2.13. The maximum absolute atomic E-state index is 11.8.